The number of benzene rings is 2. The monoisotopic (exact) mass is 267 g/mol. The van der Waals surface area contributed by atoms with Crippen molar-refractivity contribution in [1.29, 1.82) is 0 Å². The molecule has 0 spiro atoms. The highest BCUT2D eigenvalue weighted by Crippen LogP contribution is 2.37. The van der Waals surface area contributed by atoms with Crippen LogP contribution < -0.4 is 9.47 Å². The molecule has 0 saturated carbocycles. The van der Waals surface area contributed by atoms with Crippen molar-refractivity contribution in [3.63, 3.8) is 0 Å². The molecule has 2 aromatic rings. The zero-order valence-electron chi connectivity index (χ0n) is 9.99. The maximum atomic E-state index is 12.7. The van der Waals surface area contributed by atoms with E-state index in [0.717, 1.165) is 6.07 Å². The minimum atomic E-state index is -4.47. The van der Waals surface area contributed by atoms with E-state index in [4.69, 9.17) is 9.47 Å². The highest BCUT2D eigenvalue weighted by molar-refractivity contribution is 5.40. The SMILES string of the molecule is COc1ccc(Oc2[c]cccc2C(F)(F)F)cc1. The summed E-state index contributed by atoms with van der Waals surface area (Å²) in [5, 5.41) is 0. The molecule has 0 heterocycles. The molecular weight excluding hydrogens is 257 g/mol. The Kier molecular flexibility index (Phi) is 3.64. The fourth-order valence-electron chi connectivity index (χ4n) is 1.49. The Morgan fingerprint density at radius 1 is 1.00 bits per heavy atom. The molecule has 2 aromatic carbocycles. The van der Waals surface area contributed by atoms with Crippen molar-refractivity contribution in [1.82, 2.24) is 0 Å². The second kappa shape index (κ2) is 5.22. The third-order valence-corrected chi connectivity index (χ3v) is 2.40. The summed E-state index contributed by atoms with van der Waals surface area (Å²) >= 11 is 0. The first-order valence-corrected chi connectivity index (χ1v) is 5.40. The van der Waals surface area contributed by atoms with Gasteiger partial charge in [0.1, 0.15) is 17.2 Å². The second-order valence-corrected chi connectivity index (χ2v) is 3.69. The van der Waals surface area contributed by atoms with Crippen LogP contribution in [0.5, 0.6) is 17.2 Å². The van der Waals surface area contributed by atoms with E-state index in [1.54, 1.807) is 12.1 Å². The number of hydrogen-bond acceptors (Lipinski definition) is 2. The third kappa shape index (κ3) is 3.19. The van der Waals surface area contributed by atoms with Crippen LogP contribution >= 0.6 is 0 Å². The molecule has 1 radical (unpaired) electrons. The minimum Gasteiger partial charge on any atom is -0.497 e. The lowest BCUT2D eigenvalue weighted by molar-refractivity contribution is -0.138. The molecule has 0 bridgehead atoms. The third-order valence-electron chi connectivity index (χ3n) is 2.40. The number of methoxy groups -OCH3 is 1. The Balaban J connectivity index is 2.28. The first-order valence-electron chi connectivity index (χ1n) is 5.40. The predicted molar refractivity (Wildman–Crippen MR) is 63.3 cm³/mol. The van der Waals surface area contributed by atoms with Gasteiger partial charge < -0.3 is 9.47 Å². The lowest BCUT2D eigenvalue weighted by Crippen LogP contribution is -2.06. The number of ether oxygens (including phenoxy) is 2. The van der Waals surface area contributed by atoms with E-state index < -0.39 is 11.7 Å². The molecule has 2 rings (SSSR count). The Morgan fingerprint density at radius 2 is 1.63 bits per heavy atom. The van der Waals surface area contributed by atoms with Crippen molar-refractivity contribution in [2.24, 2.45) is 0 Å². The molecular formula is C14H10F3O2. The first kappa shape index (κ1) is 13.3. The lowest BCUT2D eigenvalue weighted by atomic mass is 10.2. The Hall–Kier alpha value is -2.17. The molecule has 0 aliphatic carbocycles. The summed E-state index contributed by atoms with van der Waals surface area (Å²) in [6.45, 7) is 0. The zero-order valence-corrected chi connectivity index (χ0v) is 9.99. The molecule has 0 atom stereocenters. The molecule has 99 valence electrons. The van der Waals surface area contributed by atoms with Crippen molar-refractivity contribution in [2.45, 2.75) is 6.18 Å². The number of rotatable bonds is 3. The quantitative estimate of drug-likeness (QED) is 0.825. The van der Waals surface area contributed by atoms with Gasteiger partial charge in [0.25, 0.3) is 0 Å². The van der Waals surface area contributed by atoms with E-state index in [9.17, 15) is 13.2 Å². The van der Waals surface area contributed by atoms with Gasteiger partial charge in [-0.05, 0) is 30.3 Å². The van der Waals surface area contributed by atoms with Gasteiger partial charge in [0.2, 0.25) is 0 Å². The smallest absolute Gasteiger partial charge is 0.420 e. The fraction of sp³-hybridized carbons (Fsp3) is 0.143. The van der Waals surface area contributed by atoms with Crippen LogP contribution in [0.3, 0.4) is 0 Å². The highest BCUT2D eigenvalue weighted by Gasteiger charge is 2.34. The van der Waals surface area contributed by atoms with E-state index in [0.29, 0.717) is 5.75 Å². The topological polar surface area (TPSA) is 18.5 Å². The van der Waals surface area contributed by atoms with Gasteiger partial charge in [0, 0.05) is 6.07 Å². The second-order valence-electron chi connectivity index (χ2n) is 3.69. The van der Waals surface area contributed by atoms with Crippen molar-refractivity contribution in [3.8, 4) is 17.2 Å². The van der Waals surface area contributed by atoms with Crippen molar-refractivity contribution in [2.75, 3.05) is 7.11 Å². The summed E-state index contributed by atoms with van der Waals surface area (Å²) in [4.78, 5) is 0. The maximum Gasteiger partial charge on any atom is 0.420 e. The summed E-state index contributed by atoms with van der Waals surface area (Å²) in [6.07, 6.45) is -4.47. The van der Waals surface area contributed by atoms with Crippen LogP contribution in [-0.4, -0.2) is 7.11 Å². The van der Waals surface area contributed by atoms with Gasteiger partial charge in [0.15, 0.2) is 0 Å². The summed E-state index contributed by atoms with van der Waals surface area (Å²) in [5.41, 5.74) is -0.856. The standard InChI is InChI=1S/C14H10F3O2/c1-18-10-6-8-11(9-7-10)19-13-5-3-2-4-12(13)14(15,16)17/h2-4,6-9H,1H3. The first-order chi connectivity index (χ1) is 9.00. The van der Waals surface area contributed by atoms with Gasteiger partial charge in [-0.1, -0.05) is 12.1 Å². The molecule has 0 saturated heterocycles. The lowest BCUT2D eigenvalue weighted by Gasteiger charge is -2.13. The Bertz CT molecular complexity index is 547. The van der Waals surface area contributed by atoms with Crippen molar-refractivity contribution >= 4 is 0 Å². The van der Waals surface area contributed by atoms with Gasteiger partial charge in [-0.15, -0.1) is 0 Å². The van der Waals surface area contributed by atoms with Gasteiger partial charge in [-0.3, -0.25) is 0 Å². The van der Waals surface area contributed by atoms with Crippen LogP contribution in [0.15, 0.2) is 42.5 Å². The number of alkyl halides is 3. The molecule has 0 aliphatic rings. The highest BCUT2D eigenvalue weighted by atomic mass is 19.4. The van der Waals surface area contributed by atoms with Crippen LogP contribution in [-0.2, 0) is 6.18 Å². The van der Waals surface area contributed by atoms with Crippen LogP contribution in [0.2, 0.25) is 0 Å². The molecule has 0 fully saturated rings. The Morgan fingerprint density at radius 3 is 2.21 bits per heavy atom. The van der Waals surface area contributed by atoms with Crippen LogP contribution in [0.25, 0.3) is 0 Å². The largest absolute Gasteiger partial charge is 0.497 e. The van der Waals surface area contributed by atoms with Gasteiger partial charge in [0.05, 0.1) is 12.7 Å². The molecule has 5 heteroatoms. The van der Waals surface area contributed by atoms with E-state index in [1.165, 1.54) is 31.4 Å². The van der Waals surface area contributed by atoms with Crippen molar-refractivity contribution < 1.29 is 22.6 Å². The molecule has 2 nitrogen and oxygen atoms in total. The van der Waals surface area contributed by atoms with Crippen LogP contribution in [0.4, 0.5) is 13.2 Å². The van der Waals surface area contributed by atoms with Gasteiger partial charge >= 0.3 is 6.18 Å². The average molecular weight is 267 g/mol. The molecule has 0 N–H and O–H groups in total. The average Bonchev–Trinajstić information content (AvgIpc) is 2.39. The summed E-state index contributed by atoms with van der Waals surface area (Å²) < 4.78 is 48.4. The molecule has 19 heavy (non-hydrogen) atoms. The summed E-state index contributed by atoms with van der Waals surface area (Å²) in [5.74, 6) is 0.536. The zero-order chi connectivity index (χ0) is 13.9. The molecule has 0 aromatic heterocycles. The predicted octanol–water partition coefficient (Wildman–Crippen LogP) is 4.31. The Labute approximate surface area is 108 Å². The van der Waals surface area contributed by atoms with Gasteiger partial charge in [-0.2, -0.15) is 13.2 Å². The van der Waals surface area contributed by atoms with E-state index in [-0.39, 0.29) is 11.5 Å². The summed E-state index contributed by atoms with van der Waals surface area (Å²) in [7, 11) is 1.50. The molecule has 0 aliphatic heterocycles. The summed E-state index contributed by atoms with van der Waals surface area (Å²) in [6, 6.07) is 12.3. The normalized spacial score (nSPS) is 11.2. The van der Waals surface area contributed by atoms with Crippen LogP contribution in [0.1, 0.15) is 5.56 Å². The van der Waals surface area contributed by atoms with E-state index in [1.807, 2.05) is 0 Å². The molecule has 0 amide bonds. The maximum absolute atomic E-state index is 12.7. The molecule has 0 unspecified atom stereocenters. The van der Waals surface area contributed by atoms with E-state index >= 15 is 0 Å². The fourth-order valence-corrected chi connectivity index (χ4v) is 1.49. The van der Waals surface area contributed by atoms with E-state index in [2.05, 4.69) is 6.07 Å². The number of hydrogen-bond donors (Lipinski definition) is 0. The number of halogens is 3. The minimum absolute atomic E-state index is 0.286. The number of para-hydroxylation sites is 1. The van der Waals surface area contributed by atoms with Crippen molar-refractivity contribution in [3.05, 3.63) is 54.1 Å². The van der Waals surface area contributed by atoms with Crippen LogP contribution in [0, 0.1) is 6.07 Å². The van der Waals surface area contributed by atoms with Gasteiger partial charge in [-0.25, -0.2) is 0 Å².